The summed E-state index contributed by atoms with van der Waals surface area (Å²) in [5.74, 6) is -1.49. The van der Waals surface area contributed by atoms with E-state index in [1.54, 1.807) is 0 Å². The van der Waals surface area contributed by atoms with Crippen molar-refractivity contribution in [1.82, 2.24) is 5.32 Å². The number of carboxylic acid groups (broad SMARTS) is 1. The third-order valence-electron chi connectivity index (χ3n) is 5.14. The molecule has 168 valence electrons. The van der Waals surface area contributed by atoms with Crippen LogP contribution in [0.5, 0.6) is 0 Å². The molecule has 0 aliphatic heterocycles. The van der Waals surface area contributed by atoms with Gasteiger partial charge in [0.1, 0.15) is 6.04 Å². The molecule has 0 bridgehead atoms. The summed E-state index contributed by atoms with van der Waals surface area (Å²) in [6.45, 7) is 2.22. The Morgan fingerprint density at radius 1 is 0.967 bits per heavy atom. The van der Waals surface area contributed by atoms with Crippen molar-refractivity contribution in [2.45, 2.75) is 96.1 Å². The first-order chi connectivity index (χ1) is 14.5. The maximum Gasteiger partial charge on any atom is 0.326 e. The Hall–Kier alpha value is -2.14. The Bertz CT molecular complexity index is 615. The summed E-state index contributed by atoms with van der Waals surface area (Å²) in [5.41, 5.74) is 0.848. The molecule has 0 heterocycles. The molecule has 1 unspecified atom stereocenters. The number of aliphatic hydroxyl groups excluding tert-OH is 1. The lowest BCUT2D eigenvalue weighted by atomic mass is 10.0. The van der Waals surface area contributed by atoms with E-state index in [1.165, 1.54) is 25.7 Å². The number of rotatable bonds is 17. The van der Waals surface area contributed by atoms with E-state index >= 15 is 0 Å². The van der Waals surface area contributed by atoms with Gasteiger partial charge in [-0.05, 0) is 37.7 Å². The highest BCUT2D eigenvalue weighted by molar-refractivity contribution is 5.84. The molecular weight excluding hydrogens is 378 g/mol. The van der Waals surface area contributed by atoms with Crippen LogP contribution >= 0.6 is 0 Å². The molecule has 0 spiro atoms. The number of aliphatic hydroxyl groups is 1. The Morgan fingerprint density at radius 3 is 2.20 bits per heavy atom. The van der Waals surface area contributed by atoms with Gasteiger partial charge in [-0.1, -0.05) is 81.5 Å². The fraction of sp³-hybridized carbons (Fsp3) is 0.600. The van der Waals surface area contributed by atoms with Crippen LogP contribution < -0.4 is 5.32 Å². The topological polar surface area (TPSA) is 86.6 Å². The Morgan fingerprint density at radius 2 is 1.60 bits per heavy atom. The highest BCUT2D eigenvalue weighted by atomic mass is 16.4. The minimum Gasteiger partial charge on any atom is -0.480 e. The number of carbonyl (C=O) groups excluding carboxylic acids is 1. The van der Waals surface area contributed by atoms with Crippen molar-refractivity contribution in [3.8, 4) is 0 Å². The predicted octanol–water partition coefficient (Wildman–Crippen LogP) is 5.03. The molecule has 0 fully saturated rings. The van der Waals surface area contributed by atoms with Crippen molar-refractivity contribution in [2.24, 2.45) is 0 Å². The van der Waals surface area contributed by atoms with Gasteiger partial charge in [-0.2, -0.15) is 0 Å². The van der Waals surface area contributed by atoms with Crippen LogP contribution in [0.25, 0.3) is 0 Å². The second-order valence-electron chi connectivity index (χ2n) is 7.96. The SMILES string of the molecule is CCCCCC/C=C\CCCCCC(O)CC(=O)N[C@@H](Cc1ccccc1)C(=O)O. The van der Waals surface area contributed by atoms with Crippen LogP contribution in [0, 0.1) is 0 Å². The molecular formula is C25H39NO4. The van der Waals surface area contributed by atoms with Gasteiger partial charge in [-0.3, -0.25) is 4.79 Å². The molecule has 0 aromatic heterocycles. The largest absolute Gasteiger partial charge is 0.480 e. The van der Waals surface area contributed by atoms with Gasteiger partial charge in [0.05, 0.1) is 12.5 Å². The fourth-order valence-corrected chi connectivity index (χ4v) is 3.36. The van der Waals surface area contributed by atoms with E-state index < -0.39 is 24.0 Å². The van der Waals surface area contributed by atoms with Gasteiger partial charge in [-0.15, -0.1) is 0 Å². The molecule has 0 saturated carbocycles. The highest BCUT2D eigenvalue weighted by Crippen LogP contribution is 2.10. The Labute approximate surface area is 181 Å². The van der Waals surface area contributed by atoms with Gasteiger partial charge in [0, 0.05) is 6.42 Å². The fourth-order valence-electron chi connectivity index (χ4n) is 3.36. The quantitative estimate of drug-likeness (QED) is 0.245. The maximum atomic E-state index is 12.1. The van der Waals surface area contributed by atoms with E-state index in [4.69, 9.17) is 0 Å². The van der Waals surface area contributed by atoms with Gasteiger partial charge in [0.2, 0.25) is 5.91 Å². The van der Waals surface area contributed by atoms with E-state index in [9.17, 15) is 19.8 Å². The van der Waals surface area contributed by atoms with Crippen LogP contribution in [0.3, 0.4) is 0 Å². The molecule has 2 atom stereocenters. The molecule has 1 amide bonds. The standard InChI is InChI=1S/C25H39NO4/c1-2-3-4-5-6-7-8-9-10-11-15-18-22(27)20-24(28)26-23(25(29)30)19-21-16-13-12-14-17-21/h7-8,12-14,16-17,22-23,27H,2-6,9-11,15,18-20H2,1H3,(H,26,28)(H,29,30)/b8-7-/t22?,23-/m0/s1. The smallest absolute Gasteiger partial charge is 0.326 e. The molecule has 1 aromatic rings. The number of unbranched alkanes of at least 4 members (excludes halogenated alkanes) is 7. The number of nitrogens with one attached hydrogen (secondary N) is 1. The molecule has 30 heavy (non-hydrogen) atoms. The predicted molar refractivity (Wildman–Crippen MR) is 121 cm³/mol. The molecule has 5 nitrogen and oxygen atoms in total. The summed E-state index contributed by atoms with van der Waals surface area (Å²) in [7, 11) is 0. The zero-order valence-electron chi connectivity index (χ0n) is 18.4. The average molecular weight is 418 g/mol. The van der Waals surface area contributed by atoms with Crippen molar-refractivity contribution < 1.29 is 19.8 Å². The van der Waals surface area contributed by atoms with Crippen molar-refractivity contribution in [2.75, 3.05) is 0 Å². The number of hydrogen-bond acceptors (Lipinski definition) is 3. The van der Waals surface area contributed by atoms with Crippen molar-refractivity contribution in [3.63, 3.8) is 0 Å². The molecule has 5 heteroatoms. The summed E-state index contributed by atoms with van der Waals surface area (Å²) < 4.78 is 0. The minimum atomic E-state index is -1.07. The van der Waals surface area contributed by atoms with Gasteiger partial charge in [0.25, 0.3) is 0 Å². The maximum absolute atomic E-state index is 12.1. The van der Waals surface area contributed by atoms with Crippen LogP contribution in [0.1, 0.15) is 83.1 Å². The normalized spacial score (nSPS) is 13.3. The number of carboxylic acids is 1. The first-order valence-corrected chi connectivity index (χ1v) is 11.4. The van der Waals surface area contributed by atoms with Crippen molar-refractivity contribution >= 4 is 11.9 Å². The molecule has 1 rings (SSSR count). The molecule has 0 radical (unpaired) electrons. The number of benzene rings is 1. The lowest BCUT2D eigenvalue weighted by molar-refractivity contribution is -0.142. The van der Waals surface area contributed by atoms with E-state index in [1.807, 2.05) is 30.3 Å². The Kier molecular flexibility index (Phi) is 14.4. The monoisotopic (exact) mass is 417 g/mol. The van der Waals surface area contributed by atoms with Gasteiger partial charge < -0.3 is 15.5 Å². The van der Waals surface area contributed by atoms with Crippen molar-refractivity contribution in [1.29, 1.82) is 0 Å². The number of allylic oxidation sites excluding steroid dienone is 2. The van der Waals surface area contributed by atoms with E-state index in [0.29, 0.717) is 6.42 Å². The second kappa shape index (κ2) is 16.6. The summed E-state index contributed by atoms with van der Waals surface area (Å²) in [6.07, 6.45) is 14.9. The molecule has 0 aliphatic carbocycles. The number of aliphatic carboxylic acids is 1. The molecule has 0 aliphatic rings. The van der Waals surface area contributed by atoms with Crippen LogP contribution in [-0.2, 0) is 16.0 Å². The van der Waals surface area contributed by atoms with Crippen LogP contribution in [-0.4, -0.2) is 34.2 Å². The third-order valence-corrected chi connectivity index (χ3v) is 5.14. The van der Waals surface area contributed by atoms with E-state index in [-0.39, 0.29) is 12.8 Å². The zero-order chi connectivity index (χ0) is 22.0. The third kappa shape index (κ3) is 13.2. The van der Waals surface area contributed by atoms with Crippen LogP contribution in [0.2, 0.25) is 0 Å². The average Bonchev–Trinajstić information content (AvgIpc) is 2.72. The highest BCUT2D eigenvalue weighted by Gasteiger charge is 2.21. The van der Waals surface area contributed by atoms with Crippen molar-refractivity contribution in [3.05, 3.63) is 48.0 Å². The number of amides is 1. The summed E-state index contributed by atoms with van der Waals surface area (Å²) >= 11 is 0. The van der Waals surface area contributed by atoms with Gasteiger partial charge in [-0.25, -0.2) is 4.79 Å². The number of hydrogen-bond donors (Lipinski definition) is 3. The molecule has 0 saturated heterocycles. The van der Waals surface area contributed by atoms with Crippen LogP contribution in [0.15, 0.2) is 42.5 Å². The summed E-state index contributed by atoms with van der Waals surface area (Å²) in [5, 5.41) is 22.0. The lowest BCUT2D eigenvalue weighted by Gasteiger charge is -2.16. The van der Waals surface area contributed by atoms with E-state index in [0.717, 1.165) is 37.7 Å². The summed E-state index contributed by atoms with van der Waals surface area (Å²) in [4.78, 5) is 23.5. The van der Waals surface area contributed by atoms with Gasteiger partial charge >= 0.3 is 5.97 Å². The minimum absolute atomic E-state index is 0.0593. The first-order valence-electron chi connectivity index (χ1n) is 11.4. The molecule has 1 aromatic carbocycles. The Balaban J connectivity index is 2.15. The zero-order valence-corrected chi connectivity index (χ0v) is 18.4. The first kappa shape index (κ1) is 25.9. The lowest BCUT2D eigenvalue weighted by Crippen LogP contribution is -2.43. The molecule has 3 N–H and O–H groups in total. The van der Waals surface area contributed by atoms with E-state index in [2.05, 4.69) is 24.4 Å². The van der Waals surface area contributed by atoms with Crippen LogP contribution in [0.4, 0.5) is 0 Å². The summed E-state index contributed by atoms with van der Waals surface area (Å²) in [6, 6.07) is 8.21. The second-order valence-corrected chi connectivity index (χ2v) is 7.96. The van der Waals surface area contributed by atoms with Gasteiger partial charge in [0.15, 0.2) is 0 Å². The number of carbonyl (C=O) groups is 2.